The first-order chi connectivity index (χ1) is 19.1. The van der Waals surface area contributed by atoms with E-state index in [1.54, 1.807) is 0 Å². The summed E-state index contributed by atoms with van der Waals surface area (Å²) in [5.74, 6) is -0.727. The fraction of sp³-hybridized carbons (Fsp3) is 0.815. The standard InChI is InChI=1S/C27H47NO11/c1-2-9-32-11-13-34-15-17-36-19-21-38-23-24-39-22-20-37-18-16-35-14-12-33-10-3-4-25(29)7-8-28-26(30)5-6-27(28)31/h5-6H,2-4,7-24H2,1H3. The van der Waals surface area contributed by atoms with Gasteiger partial charge in [-0.05, 0) is 12.8 Å². The number of Topliss-reactive ketones (excluding diaryl/α,β-unsaturated/α-hetero) is 1. The molecule has 0 aromatic carbocycles. The first kappa shape index (κ1) is 35.3. The molecule has 0 saturated heterocycles. The van der Waals surface area contributed by atoms with Crippen LogP contribution in [0.3, 0.4) is 0 Å². The molecule has 0 unspecified atom stereocenters. The summed E-state index contributed by atoms with van der Waals surface area (Å²) in [4.78, 5) is 35.8. The van der Waals surface area contributed by atoms with Crippen molar-refractivity contribution < 1.29 is 52.3 Å². The van der Waals surface area contributed by atoms with Crippen molar-refractivity contribution >= 4 is 17.6 Å². The first-order valence-electron chi connectivity index (χ1n) is 13.8. The minimum absolute atomic E-state index is 0.00247. The molecule has 1 aliphatic heterocycles. The lowest BCUT2D eigenvalue weighted by Gasteiger charge is -2.12. The van der Waals surface area contributed by atoms with Gasteiger partial charge in [-0.25, -0.2) is 0 Å². The van der Waals surface area contributed by atoms with E-state index in [9.17, 15) is 14.4 Å². The Morgan fingerprint density at radius 1 is 0.538 bits per heavy atom. The Kier molecular flexibility index (Phi) is 23.9. The van der Waals surface area contributed by atoms with Gasteiger partial charge in [-0.3, -0.25) is 19.3 Å². The number of carbonyl (C=O) groups excluding carboxylic acids is 3. The predicted octanol–water partition coefficient (Wildman–Crippen LogP) is 1.19. The fourth-order valence-electron chi connectivity index (χ4n) is 3.17. The molecular formula is C27H47NO11. The molecule has 0 radical (unpaired) electrons. The van der Waals surface area contributed by atoms with Gasteiger partial charge in [0.2, 0.25) is 0 Å². The number of hydrogen-bond acceptors (Lipinski definition) is 11. The second-order valence-electron chi connectivity index (χ2n) is 8.45. The molecule has 0 bridgehead atoms. The van der Waals surface area contributed by atoms with E-state index in [0.29, 0.717) is 112 Å². The number of nitrogens with zero attached hydrogens (tertiary/aromatic N) is 1. The van der Waals surface area contributed by atoms with Crippen molar-refractivity contribution in [2.75, 3.05) is 112 Å². The number of rotatable bonds is 30. The number of ketones is 1. The fourth-order valence-corrected chi connectivity index (χ4v) is 3.17. The topological polar surface area (TPSA) is 128 Å². The average Bonchev–Trinajstić information content (AvgIpc) is 3.26. The van der Waals surface area contributed by atoms with Gasteiger partial charge in [-0.15, -0.1) is 0 Å². The Morgan fingerprint density at radius 3 is 1.23 bits per heavy atom. The normalized spacial score (nSPS) is 13.2. The molecular weight excluding hydrogens is 514 g/mol. The van der Waals surface area contributed by atoms with Crippen LogP contribution in [-0.2, 0) is 52.3 Å². The van der Waals surface area contributed by atoms with Crippen molar-refractivity contribution in [2.45, 2.75) is 32.6 Å². The maximum absolute atomic E-state index is 11.9. The van der Waals surface area contributed by atoms with Crippen LogP contribution in [0.5, 0.6) is 0 Å². The van der Waals surface area contributed by atoms with E-state index in [-0.39, 0.29) is 30.6 Å². The second-order valence-corrected chi connectivity index (χ2v) is 8.45. The van der Waals surface area contributed by atoms with Gasteiger partial charge in [-0.1, -0.05) is 6.92 Å². The Hall–Kier alpha value is -1.77. The Morgan fingerprint density at radius 2 is 0.872 bits per heavy atom. The molecule has 39 heavy (non-hydrogen) atoms. The van der Waals surface area contributed by atoms with Gasteiger partial charge in [0.15, 0.2) is 0 Å². The SMILES string of the molecule is CCCOCCOCCOCCOCCOCCOCCOCCOCCCC(=O)CCN1C(=O)C=CC1=O. The van der Waals surface area contributed by atoms with E-state index in [0.717, 1.165) is 17.9 Å². The van der Waals surface area contributed by atoms with Gasteiger partial charge in [-0.2, -0.15) is 0 Å². The van der Waals surface area contributed by atoms with Crippen LogP contribution < -0.4 is 0 Å². The number of carbonyl (C=O) groups is 3. The molecule has 1 rings (SSSR count). The van der Waals surface area contributed by atoms with Crippen molar-refractivity contribution in [3.05, 3.63) is 12.2 Å². The molecule has 0 aromatic rings. The lowest BCUT2D eigenvalue weighted by Crippen LogP contribution is -2.32. The number of ether oxygens (including phenoxy) is 8. The smallest absolute Gasteiger partial charge is 0.253 e. The highest BCUT2D eigenvalue weighted by Crippen LogP contribution is 2.06. The summed E-state index contributed by atoms with van der Waals surface area (Å²) in [6.45, 7) is 10.6. The zero-order valence-corrected chi connectivity index (χ0v) is 23.4. The van der Waals surface area contributed by atoms with Gasteiger partial charge >= 0.3 is 0 Å². The van der Waals surface area contributed by atoms with Crippen molar-refractivity contribution in [1.82, 2.24) is 4.90 Å². The zero-order chi connectivity index (χ0) is 28.2. The molecule has 12 heteroatoms. The second kappa shape index (κ2) is 26.5. The molecule has 0 aromatic heterocycles. The molecule has 2 amide bonds. The highest BCUT2D eigenvalue weighted by atomic mass is 16.6. The number of amides is 2. The first-order valence-corrected chi connectivity index (χ1v) is 13.8. The highest BCUT2D eigenvalue weighted by Gasteiger charge is 2.23. The van der Waals surface area contributed by atoms with Crippen LogP contribution in [0, 0.1) is 0 Å². The summed E-state index contributed by atoms with van der Waals surface area (Å²) in [6, 6.07) is 0. The minimum atomic E-state index is -0.365. The van der Waals surface area contributed by atoms with Crippen molar-refractivity contribution in [2.24, 2.45) is 0 Å². The van der Waals surface area contributed by atoms with E-state index in [4.69, 9.17) is 37.9 Å². The van der Waals surface area contributed by atoms with Crippen molar-refractivity contribution in [3.63, 3.8) is 0 Å². The molecule has 1 aliphatic rings. The van der Waals surface area contributed by atoms with E-state index in [2.05, 4.69) is 6.92 Å². The molecule has 0 aliphatic carbocycles. The van der Waals surface area contributed by atoms with E-state index < -0.39 is 0 Å². The van der Waals surface area contributed by atoms with Gasteiger partial charge in [0, 0.05) is 44.8 Å². The maximum atomic E-state index is 11.9. The number of hydrogen-bond donors (Lipinski definition) is 0. The Balaban J connectivity index is 1.68. The summed E-state index contributed by atoms with van der Waals surface area (Å²) in [7, 11) is 0. The van der Waals surface area contributed by atoms with Crippen LogP contribution in [0.1, 0.15) is 32.6 Å². The quantitative estimate of drug-likeness (QED) is 0.0927. The lowest BCUT2D eigenvalue weighted by molar-refractivity contribution is -0.137. The Bertz CT molecular complexity index is 642. The zero-order valence-electron chi connectivity index (χ0n) is 23.4. The average molecular weight is 562 g/mol. The Labute approximate surface area is 232 Å². The van der Waals surface area contributed by atoms with Crippen LogP contribution in [0.25, 0.3) is 0 Å². The largest absolute Gasteiger partial charge is 0.379 e. The predicted molar refractivity (Wildman–Crippen MR) is 142 cm³/mol. The molecule has 0 N–H and O–H groups in total. The lowest BCUT2D eigenvalue weighted by atomic mass is 10.1. The molecule has 0 spiro atoms. The van der Waals surface area contributed by atoms with Crippen LogP contribution >= 0.6 is 0 Å². The van der Waals surface area contributed by atoms with Gasteiger partial charge in [0.1, 0.15) is 5.78 Å². The summed E-state index contributed by atoms with van der Waals surface area (Å²) in [5, 5.41) is 0. The molecule has 1 heterocycles. The molecule has 0 fully saturated rings. The molecule has 0 saturated carbocycles. The summed E-state index contributed by atoms with van der Waals surface area (Å²) in [6.07, 6.45) is 4.56. The summed E-state index contributed by atoms with van der Waals surface area (Å²) < 4.78 is 43.3. The van der Waals surface area contributed by atoms with Gasteiger partial charge < -0.3 is 37.9 Å². The third-order valence-corrected chi connectivity index (χ3v) is 5.21. The van der Waals surface area contributed by atoms with E-state index in [1.165, 1.54) is 12.2 Å². The minimum Gasteiger partial charge on any atom is -0.379 e. The van der Waals surface area contributed by atoms with Crippen LogP contribution in [0.4, 0.5) is 0 Å². The van der Waals surface area contributed by atoms with E-state index in [1.807, 2.05) is 0 Å². The van der Waals surface area contributed by atoms with Gasteiger partial charge in [0.05, 0.1) is 92.5 Å². The third kappa shape index (κ3) is 21.7. The highest BCUT2D eigenvalue weighted by molar-refractivity contribution is 6.13. The summed E-state index contributed by atoms with van der Waals surface area (Å²) >= 11 is 0. The monoisotopic (exact) mass is 561 g/mol. The summed E-state index contributed by atoms with van der Waals surface area (Å²) in [5.41, 5.74) is 0. The molecule has 226 valence electrons. The molecule has 12 nitrogen and oxygen atoms in total. The van der Waals surface area contributed by atoms with E-state index >= 15 is 0 Å². The van der Waals surface area contributed by atoms with Crippen molar-refractivity contribution in [3.8, 4) is 0 Å². The molecule has 0 atom stereocenters. The van der Waals surface area contributed by atoms with Crippen molar-refractivity contribution in [1.29, 1.82) is 0 Å². The van der Waals surface area contributed by atoms with Crippen LogP contribution in [-0.4, -0.2) is 135 Å². The van der Waals surface area contributed by atoms with Gasteiger partial charge in [0.25, 0.3) is 11.8 Å². The van der Waals surface area contributed by atoms with Crippen LogP contribution in [0.15, 0.2) is 12.2 Å². The number of imide groups is 1. The maximum Gasteiger partial charge on any atom is 0.253 e. The van der Waals surface area contributed by atoms with Crippen LogP contribution in [0.2, 0.25) is 0 Å². The third-order valence-electron chi connectivity index (χ3n) is 5.21.